The van der Waals surface area contributed by atoms with Gasteiger partial charge in [0.2, 0.25) is 0 Å². The van der Waals surface area contributed by atoms with Gasteiger partial charge in [-0.1, -0.05) is 30.3 Å². The first-order chi connectivity index (χ1) is 15.6. The second-order valence-corrected chi connectivity index (χ2v) is 10.5. The van der Waals surface area contributed by atoms with Gasteiger partial charge in [-0.3, -0.25) is 0 Å². The Bertz CT molecular complexity index is 1170. The molecule has 2 N–H and O–H groups in total. The molecule has 0 aliphatic heterocycles. The molecule has 0 saturated heterocycles. The van der Waals surface area contributed by atoms with E-state index in [1.165, 1.54) is 6.26 Å². The van der Waals surface area contributed by atoms with Crippen LogP contribution >= 0.6 is 0 Å². The van der Waals surface area contributed by atoms with Crippen LogP contribution in [0.1, 0.15) is 23.1 Å². The van der Waals surface area contributed by atoms with Crippen molar-refractivity contribution >= 4 is 22.4 Å². The normalized spacial score (nSPS) is 11.3. The topological polar surface area (TPSA) is 93.1 Å². The maximum absolute atomic E-state index is 11.3. The highest BCUT2D eigenvalue weighted by molar-refractivity contribution is 7.90. The molecule has 0 aliphatic rings. The van der Waals surface area contributed by atoms with Crippen molar-refractivity contribution in [2.45, 2.75) is 26.9 Å². The molecule has 6 nitrogen and oxygen atoms in total. The predicted octanol–water partition coefficient (Wildman–Crippen LogP) is 3.04. The molecule has 0 aliphatic carbocycles. The summed E-state index contributed by atoms with van der Waals surface area (Å²) >= 11 is 0. The summed E-state index contributed by atoms with van der Waals surface area (Å²) in [6.45, 7) is 4.81. The van der Waals surface area contributed by atoms with Gasteiger partial charge >= 0.3 is 7.12 Å². The highest BCUT2D eigenvalue weighted by Gasteiger charge is 2.11. The fraction of sp³-hybridized carbons (Fsp3) is 0.280. The molecular formula is C25H29BO6S. The van der Waals surface area contributed by atoms with Crippen molar-refractivity contribution in [3.8, 4) is 22.6 Å². The molecule has 0 atom stereocenters. The summed E-state index contributed by atoms with van der Waals surface area (Å²) in [5, 5.41) is 18.4. The molecule has 3 rings (SSSR count). The Hall–Kier alpha value is -2.81. The van der Waals surface area contributed by atoms with E-state index in [1.54, 1.807) is 24.3 Å². The summed E-state index contributed by atoms with van der Waals surface area (Å²) < 4.78 is 34.1. The second kappa shape index (κ2) is 10.9. The summed E-state index contributed by atoms with van der Waals surface area (Å²) in [6.07, 6.45) is 1.69. The van der Waals surface area contributed by atoms with E-state index >= 15 is 0 Å². The third-order valence-electron chi connectivity index (χ3n) is 5.23. The molecule has 3 aromatic rings. The largest absolute Gasteiger partial charge is 0.494 e. The Labute approximate surface area is 195 Å². The molecule has 0 aromatic heterocycles. The molecule has 33 heavy (non-hydrogen) atoms. The van der Waals surface area contributed by atoms with Crippen LogP contribution in [0.5, 0.6) is 11.5 Å². The van der Waals surface area contributed by atoms with E-state index in [4.69, 9.17) is 9.47 Å². The average Bonchev–Trinajstić information content (AvgIpc) is 2.75. The minimum absolute atomic E-state index is 0.117. The van der Waals surface area contributed by atoms with Crippen molar-refractivity contribution in [2.24, 2.45) is 0 Å². The standard InChI is InChI=1S/C25H29BO6S/c1-18-14-24(31-12-5-13-33(3,29)30)15-19(2)25(18)21-7-4-6-20(16-21)17-32-23-10-8-22(9-11-23)26(27)28/h4,6-11,14-16,27-28H,5,12-13,17H2,1-3H3. The number of hydrogen-bond acceptors (Lipinski definition) is 6. The highest BCUT2D eigenvalue weighted by atomic mass is 32.2. The lowest BCUT2D eigenvalue weighted by Gasteiger charge is -2.15. The van der Waals surface area contributed by atoms with Gasteiger partial charge in [-0.15, -0.1) is 0 Å². The van der Waals surface area contributed by atoms with Gasteiger partial charge in [0.1, 0.15) is 27.9 Å². The van der Waals surface area contributed by atoms with Crippen molar-refractivity contribution in [1.29, 1.82) is 0 Å². The van der Waals surface area contributed by atoms with Crippen LogP contribution in [0, 0.1) is 13.8 Å². The Morgan fingerprint density at radius 3 is 2.15 bits per heavy atom. The molecule has 0 spiro atoms. The molecule has 0 saturated carbocycles. The summed E-state index contributed by atoms with van der Waals surface area (Å²) in [5.41, 5.74) is 5.78. The van der Waals surface area contributed by atoms with E-state index < -0.39 is 17.0 Å². The van der Waals surface area contributed by atoms with Crippen LogP contribution in [0.2, 0.25) is 0 Å². The van der Waals surface area contributed by atoms with Crippen LogP contribution in [0.15, 0.2) is 60.7 Å². The number of hydrogen-bond donors (Lipinski definition) is 2. The lowest BCUT2D eigenvalue weighted by atomic mass is 9.80. The van der Waals surface area contributed by atoms with Gasteiger partial charge in [0.15, 0.2) is 0 Å². The minimum atomic E-state index is -2.98. The molecule has 8 heteroatoms. The van der Waals surface area contributed by atoms with Crippen LogP contribution in [0.25, 0.3) is 11.1 Å². The monoisotopic (exact) mass is 468 g/mol. The fourth-order valence-electron chi connectivity index (χ4n) is 3.69. The zero-order chi connectivity index (χ0) is 24.0. The van der Waals surface area contributed by atoms with Gasteiger partial charge in [0.25, 0.3) is 0 Å². The first kappa shape index (κ1) is 24.8. The van der Waals surface area contributed by atoms with Crippen LogP contribution in [-0.2, 0) is 16.4 Å². The van der Waals surface area contributed by atoms with Gasteiger partial charge in [-0.25, -0.2) is 8.42 Å². The zero-order valence-corrected chi connectivity index (χ0v) is 19.9. The maximum atomic E-state index is 11.3. The van der Waals surface area contributed by atoms with Gasteiger partial charge in [-0.05, 0) is 83.9 Å². The molecular weight excluding hydrogens is 439 g/mol. The molecule has 174 valence electrons. The summed E-state index contributed by atoms with van der Waals surface area (Å²) in [6, 6.07) is 18.8. The molecule has 3 aromatic carbocycles. The molecule has 0 unspecified atom stereocenters. The highest BCUT2D eigenvalue weighted by Crippen LogP contribution is 2.31. The SMILES string of the molecule is Cc1cc(OCCCS(C)(=O)=O)cc(C)c1-c1cccc(COc2ccc(B(O)O)cc2)c1. The lowest BCUT2D eigenvalue weighted by molar-refractivity contribution is 0.306. The first-order valence-corrected chi connectivity index (χ1v) is 12.8. The average molecular weight is 468 g/mol. The summed E-state index contributed by atoms with van der Waals surface area (Å²) in [5.74, 6) is 1.50. The smallest absolute Gasteiger partial charge is 0.488 e. The van der Waals surface area contributed by atoms with Crippen molar-refractivity contribution < 1.29 is 27.9 Å². The van der Waals surface area contributed by atoms with Gasteiger partial charge in [-0.2, -0.15) is 0 Å². The Morgan fingerprint density at radius 1 is 0.879 bits per heavy atom. The molecule has 0 bridgehead atoms. The minimum Gasteiger partial charge on any atom is -0.494 e. The van der Waals surface area contributed by atoms with E-state index in [0.717, 1.165) is 33.6 Å². The fourth-order valence-corrected chi connectivity index (χ4v) is 4.34. The Balaban J connectivity index is 1.68. The Morgan fingerprint density at radius 2 is 1.55 bits per heavy atom. The predicted molar refractivity (Wildman–Crippen MR) is 132 cm³/mol. The van der Waals surface area contributed by atoms with E-state index in [9.17, 15) is 18.5 Å². The second-order valence-electron chi connectivity index (χ2n) is 8.20. The zero-order valence-electron chi connectivity index (χ0n) is 19.1. The molecule has 0 heterocycles. The number of ether oxygens (including phenoxy) is 2. The van der Waals surface area contributed by atoms with Crippen LogP contribution in [0.4, 0.5) is 0 Å². The van der Waals surface area contributed by atoms with E-state index in [2.05, 4.69) is 12.1 Å². The number of rotatable bonds is 10. The van der Waals surface area contributed by atoms with E-state index in [-0.39, 0.29) is 5.75 Å². The third kappa shape index (κ3) is 7.35. The van der Waals surface area contributed by atoms with E-state index in [0.29, 0.717) is 30.8 Å². The lowest BCUT2D eigenvalue weighted by Crippen LogP contribution is -2.29. The van der Waals surface area contributed by atoms with Gasteiger partial charge in [0.05, 0.1) is 12.4 Å². The van der Waals surface area contributed by atoms with Crippen molar-refractivity contribution in [3.05, 3.63) is 77.4 Å². The number of sulfone groups is 1. The molecule has 0 amide bonds. The van der Waals surface area contributed by atoms with E-state index in [1.807, 2.05) is 38.1 Å². The Kier molecular flexibility index (Phi) is 8.18. The number of aryl methyl sites for hydroxylation is 2. The first-order valence-electron chi connectivity index (χ1n) is 10.7. The quantitative estimate of drug-likeness (QED) is 0.351. The maximum Gasteiger partial charge on any atom is 0.488 e. The van der Waals surface area contributed by atoms with Crippen molar-refractivity contribution in [3.63, 3.8) is 0 Å². The van der Waals surface area contributed by atoms with Crippen molar-refractivity contribution in [2.75, 3.05) is 18.6 Å². The summed E-state index contributed by atoms with van der Waals surface area (Å²) in [4.78, 5) is 0. The van der Waals surface area contributed by atoms with Gasteiger partial charge in [0, 0.05) is 6.26 Å². The van der Waals surface area contributed by atoms with Crippen LogP contribution in [0.3, 0.4) is 0 Å². The third-order valence-corrected chi connectivity index (χ3v) is 6.26. The van der Waals surface area contributed by atoms with Crippen LogP contribution in [-0.4, -0.2) is 44.2 Å². The van der Waals surface area contributed by atoms with Gasteiger partial charge < -0.3 is 19.5 Å². The molecule has 0 radical (unpaired) electrons. The van der Waals surface area contributed by atoms with Crippen LogP contribution < -0.4 is 14.9 Å². The number of benzene rings is 3. The van der Waals surface area contributed by atoms with Crippen molar-refractivity contribution in [1.82, 2.24) is 0 Å². The molecule has 0 fully saturated rings. The summed E-state index contributed by atoms with van der Waals surface area (Å²) in [7, 11) is -4.47.